The van der Waals surface area contributed by atoms with E-state index in [0.717, 1.165) is 30.8 Å². The minimum absolute atomic E-state index is 0.00951. The second-order valence-electron chi connectivity index (χ2n) is 6.26. The van der Waals surface area contributed by atoms with Crippen molar-refractivity contribution in [3.8, 4) is 11.3 Å². The van der Waals surface area contributed by atoms with E-state index in [1.165, 1.54) is 0 Å². The van der Waals surface area contributed by atoms with Crippen LogP contribution in [0.15, 0.2) is 36.4 Å². The van der Waals surface area contributed by atoms with E-state index in [9.17, 15) is 9.59 Å². The maximum atomic E-state index is 12.3. The van der Waals surface area contributed by atoms with E-state index in [1.54, 1.807) is 6.07 Å². The molecule has 2 saturated heterocycles. The monoisotopic (exact) mass is 325 g/mol. The van der Waals surface area contributed by atoms with Crippen molar-refractivity contribution in [2.45, 2.75) is 18.5 Å². The molecule has 124 valence electrons. The molecule has 2 aliphatic heterocycles. The van der Waals surface area contributed by atoms with Crippen LogP contribution in [0.2, 0.25) is 0 Å². The Hall–Kier alpha value is -2.67. The van der Waals surface area contributed by atoms with Crippen LogP contribution in [0, 0.1) is 0 Å². The van der Waals surface area contributed by atoms with Gasteiger partial charge in [0.2, 0.25) is 5.91 Å². The van der Waals surface area contributed by atoms with Gasteiger partial charge in [-0.1, -0.05) is 30.3 Å². The Balaban J connectivity index is 1.35. The summed E-state index contributed by atoms with van der Waals surface area (Å²) in [7, 11) is 0. The minimum Gasteiger partial charge on any atom is -0.342 e. The number of aromatic amines is 1. The summed E-state index contributed by atoms with van der Waals surface area (Å²) in [6, 6.07) is 12.0. The fourth-order valence-corrected chi connectivity index (χ4v) is 3.42. The number of piperazine rings is 1. The third kappa shape index (κ3) is 2.78. The lowest BCUT2D eigenvalue weighted by Gasteiger charge is -2.27. The summed E-state index contributed by atoms with van der Waals surface area (Å²) < 4.78 is 0. The number of rotatable bonds is 4. The van der Waals surface area contributed by atoms with Crippen molar-refractivity contribution in [3.63, 3.8) is 0 Å². The van der Waals surface area contributed by atoms with E-state index in [4.69, 9.17) is 0 Å². The molecular weight excluding hydrogens is 306 g/mol. The molecule has 7 nitrogen and oxygen atoms in total. The van der Waals surface area contributed by atoms with Gasteiger partial charge in [0.05, 0.1) is 12.2 Å². The summed E-state index contributed by atoms with van der Waals surface area (Å²) >= 11 is 0. The van der Waals surface area contributed by atoms with Gasteiger partial charge < -0.3 is 15.5 Å². The number of H-pyrrole nitrogens is 1. The van der Waals surface area contributed by atoms with E-state index < -0.39 is 0 Å². The van der Waals surface area contributed by atoms with E-state index in [1.807, 2.05) is 35.2 Å². The van der Waals surface area contributed by atoms with E-state index in [2.05, 4.69) is 20.8 Å². The third-order valence-electron chi connectivity index (χ3n) is 4.67. The number of benzene rings is 1. The Morgan fingerprint density at radius 3 is 2.83 bits per heavy atom. The number of nitrogens with one attached hydrogen (secondary N) is 3. The number of carbonyl (C=O) groups is 2. The third-order valence-corrected chi connectivity index (χ3v) is 4.67. The van der Waals surface area contributed by atoms with Crippen LogP contribution >= 0.6 is 0 Å². The molecule has 3 N–H and O–H groups in total. The van der Waals surface area contributed by atoms with Gasteiger partial charge in [0.15, 0.2) is 5.69 Å². The molecular formula is C17H19N5O2. The average molecular weight is 325 g/mol. The lowest BCUT2D eigenvalue weighted by atomic mass is 10.1. The number of carbonyl (C=O) groups excluding carboxylic acids is 2. The molecule has 3 heterocycles. The molecule has 0 saturated carbocycles. The molecule has 7 heteroatoms. The molecule has 1 aromatic heterocycles. The maximum absolute atomic E-state index is 12.3. The van der Waals surface area contributed by atoms with Crippen LogP contribution < -0.4 is 10.6 Å². The van der Waals surface area contributed by atoms with Crippen molar-refractivity contribution < 1.29 is 9.59 Å². The highest BCUT2D eigenvalue weighted by molar-refractivity contribution is 5.95. The molecule has 2 bridgehead atoms. The normalized spacial score (nSPS) is 21.9. The average Bonchev–Trinajstić information content (AvgIpc) is 3.36. The fourth-order valence-electron chi connectivity index (χ4n) is 3.42. The molecule has 2 atom stereocenters. The van der Waals surface area contributed by atoms with E-state index >= 15 is 0 Å². The summed E-state index contributed by atoms with van der Waals surface area (Å²) in [5, 5.41) is 12.9. The van der Waals surface area contributed by atoms with Crippen LogP contribution in [-0.2, 0) is 4.79 Å². The molecule has 2 aromatic rings. The van der Waals surface area contributed by atoms with Gasteiger partial charge in [0.1, 0.15) is 0 Å². The van der Waals surface area contributed by atoms with Crippen molar-refractivity contribution in [2.75, 3.05) is 19.6 Å². The lowest BCUT2D eigenvalue weighted by molar-refractivity contribution is -0.131. The van der Waals surface area contributed by atoms with Gasteiger partial charge in [0, 0.05) is 25.2 Å². The maximum Gasteiger partial charge on any atom is 0.272 e. The zero-order valence-corrected chi connectivity index (χ0v) is 13.2. The first-order chi connectivity index (χ1) is 11.7. The fraction of sp³-hybridized carbons (Fsp3) is 0.353. The minimum atomic E-state index is -0.343. The molecule has 0 radical (unpaired) electrons. The van der Waals surface area contributed by atoms with Crippen LogP contribution in [0.3, 0.4) is 0 Å². The SMILES string of the molecule is O=C(NCC(=O)N1CC2CC1CN2)c1cc(-c2ccccc2)[nH]n1. The predicted molar refractivity (Wildman–Crippen MR) is 88.3 cm³/mol. The molecule has 1 aromatic carbocycles. The highest BCUT2D eigenvalue weighted by Crippen LogP contribution is 2.23. The summed E-state index contributed by atoms with van der Waals surface area (Å²) in [6.07, 6.45) is 1.01. The number of nitrogens with zero attached hydrogens (tertiary/aromatic N) is 2. The summed E-state index contributed by atoms with van der Waals surface area (Å²) in [4.78, 5) is 26.3. The first-order valence-electron chi connectivity index (χ1n) is 8.12. The van der Waals surface area contributed by atoms with Crippen LogP contribution in [0.5, 0.6) is 0 Å². The molecule has 24 heavy (non-hydrogen) atoms. The Morgan fingerprint density at radius 1 is 1.29 bits per heavy atom. The molecule has 2 fully saturated rings. The molecule has 2 aliphatic rings. The van der Waals surface area contributed by atoms with Crippen molar-refractivity contribution in [1.82, 2.24) is 25.7 Å². The largest absolute Gasteiger partial charge is 0.342 e. The molecule has 2 unspecified atom stereocenters. The van der Waals surface area contributed by atoms with Gasteiger partial charge in [-0.2, -0.15) is 5.10 Å². The van der Waals surface area contributed by atoms with Crippen LogP contribution in [0.4, 0.5) is 0 Å². The number of amides is 2. The summed E-state index contributed by atoms with van der Waals surface area (Å²) in [6.45, 7) is 1.60. The van der Waals surface area contributed by atoms with Crippen molar-refractivity contribution in [2.24, 2.45) is 0 Å². The predicted octanol–water partition coefficient (Wildman–Crippen LogP) is 0.379. The molecule has 0 aliphatic carbocycles. The Labute approximate surface area is 139 Å². The van der Waals surface area contributed by atoms with Crippen LogP contribution in [-0.4, -0.2) is 58.6 Å². The van der Waals surface area contributed by atoms with Crippen LogP contribution in [0.1, 0.15) is 16.9 Å². The summed E-state index contributed by atoms with van der Waals surface area (Å²) in [5.41, 5.74) is 2.02. The second kappa shape index (κ2) is 6.09. The molecule has 2 amide bonds. The zero-order chi connectivity index (χ0) is 16.5. The van der Waals surface area contributed by atoms with Crippen molar-refractivity contribution in [3.05, 3.63) is 42.1 Å². The van der Waals surface area contributed by atoms with Gasteiger partial charge in [0.25, 0.3) is 5.91 Å². The number of hydrogen-bond donors (Lipinski definition) is 3. The number of fused-ring (bicyclic) bond motifs is 2. The number of likely N-dealkylation sites (tertiary alicyclic amines) is 1. The number of aromatic nitrogens is 2. The Kier molecular flexibility index (Phi) is 3.78. The molecule has 4 rings (SSSR count). The topological polar surface area (TPSA) is 90.1 Å². The smallest absolute Gasteiger partial charge is 0.272 e. The molecule has 0 spiro atoms. The second-order valence-corrected chi connectivity index (χ2v) is 6.26. The van der Waals surface area contributed by atoms with Crippen molar-refractivity contribution in [1.29, 1.82) is 0 Å². The van der Waals surface area contributed by atoms with Gasteiger partial charge >= 0.3 is 0 Å². The first kappa shape index (κ1) is 14.9. The number of hydrogen-bond acceptors (Lipinski definition) is 4. The van der Waals surface area contributed by atoms with Gasteiger partial charge in [-0.3, -0.25) is 14.7 Å². The van der Waals surface area contributed by atoms with Gasteiger partial charge in [-0.05, 0) is 18.1 Å². The Bertz CT molecular complexity index is 757. The van der Waals surface area contributed by atoms with Gasteiger partial charge in [-0.15, -0.1) is 0 Å². The first-order valence-corrected chi connectivity index (χ1v) is 8.12. The van der Waals surface area contributed by atoms with E-state index in [-0.39, 0.29) is 30.1 Å². The zero-order valence-electron chi connectivity index (χ0n) is 13.2. The van der Waals surface area contributed by atoms with Crippen molar-refractivity contribution >= 4 is 11.8 Å². The summed E-state index contributed by atoms with van der Waals surface area (Å²) in [5.74, 6) is -0.375. The van der Waals surface area contributed by atoms with Crippen LogP contribution in [0.25, 0.3) is 11.3 Å². The highest BCUT2D eigenvalue weighted by atomic mass is 16.2. The van der Waals surface area contributed by atoms with E-state index in [0.29, 0.717) is 6.04 Å². The standard InChI is InChI=1S/C17H19N5O2/c23-16(22-10-12-6-13(22)8-18-12)9-19-17(24)15-7-14(20-21-15)11-4-2-1-3-5-11/h1-5,7,12-13,18H,6,8-10H2,(H,19,24)(H,20,21). The Morgan fingerprint density at radius 2 is 2.12 bits per heavy atom. The highest BCUT2D eigenvalue weighted by Gasteiger charge is 2.39. The quantitative estimate of drug-likeness (QED) is 0.758. The van der Waals surface area contributed by atoms with Gasteiger partial charge in [-0.25, -0.2) is 0 Å². The lowest BCUT2D eigenvalue weighted by Crippen LogP contribution is -2.49.